The third-order valence-electron chi connectivity index (χ3n) is 2.59. The van der Waals surface area contributed by atoms with E-state index in [0.717, 1.165) is 5.69 Å². The predicted octanol–water partition coefficient (Wildman–Crippen LogP) is 3.75. The summed E-state index contributed by atoms with van der Waals surface area (Å²) in [6, 6.07) is 10.8. The minimum Gasteiger partial charge on any atom is -0.388 e. The van der Waals surface area contributed by atoms with Gasteiger partial charge >= 0.3 is 0 Å². The van der Waals surface area contributed by atoms with Crippen molar-refractivity contribution in [3.63, 3.8) is 0 Å². The summed E-state index contributed by atoms with van der Waals surface area (Å²) in [5, 5.41) is 3.27. The Morgan fingerprint density at radius 1 is 1.22 bits per heavy atom. The quantitative estimate of drug-likeness (QED) is 0.855. The summed E-state index contributed by atoms with van der Waals surface area (Å²) in [5.74, 6) is -0.952. The van der Waals surface area contributed by atoms with Crippen molar-refractivity contribution in [2.75, 3.05) is 12.4 Å². The van der Waals surface area contributed by atoms with Crippen LogP contribution in [0.1, 0.15) is 15.9 Å². The van der Waals surface area contributed by atoms with Crippen LogP contribution in [0.15, 0.2) is 42.5 Å². The molecule has 0 spiro atoms. The van der Waals surface area contributed by atoms with Gasteiger partial charge in [-0.3, -0.25) is 4.79 Å². The van der Waals surface area contributed by atoms with Gasteiger partial charge in [-0.15, -0.1) is 0 Å². The van der Waals surface area contributed by atoms with Crippen LogP contribution in [-0.2, 0) is 0 Å². The first-order valence-electron chi connectivity index (χ1n) is 5.39. The van der Waals surface area contributed by atoms with Gasteiger partial charge in [-0.2, -0.15) is 0 Å². The number of benzene rings is 2. The maximum Gasteiger partial charge on any atom is 0.196 e. The summed E-state index contributed by atoms with van der Waals surface area (Å²) >= 11 is 5.78. The molecule has 0 atom stereocenters. The molecule has 0 aliphatic rings. The molecule has 2 aromatic carbocycles. The minimum absolute atomic E-state index is 0.0178. The molecule has 4 heteroatoms. The standard InChI is InChI=1S/C14H11ClFNO/c1-17-11-4-2-3-9(7-11)14(18)12-8-10(15)5-6-13(12)16/h2-8,17H,1H3. The van der Waals surface area contributed by atoms with Crippen LogP contribution in [0.25, 0.3) is 0 Å². The Morgan fingerprint density at radius 3 is 2.72 bits per heavy atom. The summed E-state index contributed by atoms with van der Waals surface area (Å²) in [6.45, 7) is 0. The Kier molecular flexibility index (Phi) is 3.63. The number of halogens is 2. The molecule has 1 N–H and O–H groups in total. The Labute approximate surface area is 109 Å². The van der Waals surface area contributed by atoms with E-state index in [1.165, 1.54) is 18.2 Å². The second-order valence-corrected chi connectivity index (χ2v) is 4.22. The Hall–Kier alpha value is -1.87. The van der Waals surface area contributed by atoms with E-state index in [4.69, 9.17) is 11.6 Å². The topological polar surface area (TPSA) is 29.1 Å². The highest BCUT2D eigenvalue weighted by Gasteiger charge is 2.14. The summed E-state index contributed by atoms with van der Waals surface area (Å²) < 4.78 is 13.6. The fraction of sp³-hybridized carbons (Fsp3) is 0.0714. The van der Waals surface area contributed by atoms with Crippen LogP contribution in [0, 0.1) is 5.82 Å². The molecule has 0 saturated heterocycles. The van der Waals surface area contributed by atoms with Crippen molar-refractivity contribution in [1.29, 1.82) is 0 Å². The number of nitrogens with one attached hydrogen (secondary N) is 1. The lowest BCUT2D eigenvalue weighted by molar-refractivity contribution is 0.103. The third kappa shape index (κ3) is 2.51. The molecule has 0 amide bonds. The van der Waals surface area contributed by atoms with Gasteiger partial charge in [0.15, 0.2) is 5.78 Å². The molecule has 0 aromatic heterocycles. The molecule has 0 fully saturated rings. The van der Waals surface area contributed by atoms with Gasteiger partial charge in [-0.1, -0.05) is 23.7 Å². The van der Waals surface area contributed by atoms with Crippen LogP contribution in [-0.4, -0.2) is 12.8 Å². The van der Waals surface area contributed by atoms with Crippen molar-refractivity contribution >= 4 is 23.1 Å². The van der Waals surface area contributed by atoms with Gasteiger partial charge in [-0.25, -0.2) is 4.39 Å². The van der Waals surface area contributed by atoms with Crippen LogP contribution in [0.2, 0.25) is 5.02 Å². The largest absolute Gasteiger partial charge is 0.388 e. The van der Waals surface area contributed by atoms with E-state index >= 15 is 0 Å². The molecule has 0 unspecified atom stereocenters. The number of carbonyl (C=O) groups excluding carboxylic acids is 1. The maximum absolute atomic E-state index is 13.6. The van der Waals surface area contributed by atoms with Gasteiger partial charge < -0.3 is 5.32 Å². The van der Waals surface area contributed by atoms with Gasteiger partial charge in [0.25, 0.3) is 0 Å². The molecule has 2 nitrogen and oxygen atoms in total. The average Bonchev–Trinajstić information content (AvgIpc) is 2.41. The van der Waals surface area contributed by atoms with E-state index in [2.05, 4.69) is 5.32 Å². The minimum atomic E-state index is -0.570. The number of ketones is 1. The average molecular weight is 264 g/mol. The number of hydrogen-bond donors (Lipinski definition) is 1. The van der Waals surface area contributed by atoms with Crippen LogP contribution in [0.3, 0.4) is 0 Å². The van der Waals surface area contributed by atoms with Crippen LogP contribution >= 0.6 is 11.6 Å². The first-order valence-corrected chi connectivity index (χ1v) is 5.77. The summed E-state index contributed by atoms with van der Waals surface area (Å²) in [6.07, 6.45) is 0. The van der Waals surface area contributed by atoms with Crippen LogP contribution in [0.5, 0.6) is 0 Å². The van der Waals surface area contributed by atoms with E-state index < -0.39 is 5.82 Å². The van der Waals surface area contributed by atoms with E-state index in [1.54, 1.807) is 25.2 Å². The summed E-state index contributed by atoms with van der Waals surface area (Å²) in [5.41, 5.74) is 1.20. The van der Waals surface area contributed by atoms with Gasteiger partial charge in [0.1, 0.15) is 5.82 Å². The molecule has 2 aromatic rings. The van der Waals surface area contributed by atoms with Crippen LogP contribution in [0.4, 0.5) is 10.1 Å². The van der Waals surface area contributed by atoms with E-state index in [0.29, 0.717) is 10.6 Å². The van der Waals surface area contributed by atoms with Gasteiger partial charge in [-0.05, 0) is 30.3 Å². The Balaban J connectivity index is 2.44. The molecular weight excluding hydrogens is 253 g/mol. The molecule has 92 valence electrons. The normalized spacial score (nSPS) is 10.2. The second-order valence-electron chi connectivity index (χ2n) is 3.78. The highest BCUT2D eigenvalue weighted by Crippen LogP contribution is 2.20. The van der Waals surface area contributed by atoms with Crippen molar-refractivity contribution in [2.45, 2.75) is 0 Å². The molecule has 0 bridgehead atoms. The first-order chi connectivity index (χ1) is 8.61. The molecule has 0 radical (unpaired) electrons. The predicted molar refractivity (Wildman–Crippen MR) is 70.8 cm³/mol. The highest BCUT2D eigenvalue weighted by molar-refractivity contribution is 6.31. The summed E-state index contributed by atoms with van der Waals surface area (Å²) in [4.78, 5) is 12.2. The van der Waals surface area contributed by atoms with Crippen molar-refractivity contribution < 1.29 is 9.18 Å². The van der Waals surface area contributed by atoms with Crippen LogP contribution < -0.4 is 5.32 Å². The lowest BCUT2D eigenvalue weighted by atomic mass is 10.0. The monoisotopic (exact) mass is 263 g/mol. The van der Waals surface area contributed by atoms with E-state index in [-0.39, 0.29) is 11.3 Å². The number of carbonyl (C=O) groups is 1. The Bertz CT molecular complexity index is 598. The van der Waals surface area contributed by atoms with Crippen molar-refractivity contribution in [3.05, 3.63) is 64.4 Å². The van der Waals surface area contributed by atoms with Crippen molar-refractivity contribution in [1.82, 2.24) is 0 Å². The van der Waals surface area contributed by atoms with Crippen molar-refractivity contribution in [3.8, 4) is 0 Å². The fourth-order valence-electron chi connectivity index (χ4n) is 1.64. The van der Waals surface area contributed by atoms with Gasteiger partial charge in [0.05, 0.1) is 5.56 Å². The molecule has 18 heavy (non-hydrogen) atoms. The third-order valence-corrected chi connectivity index (χ3v) is 2.82. The van der Waals surface area contributed by atoms with Gasteiger partial charge in [0, 0.05) is 23.3 Å². The maximum atomic E-state index is 13.6. The highest BCUT2D eigenvalue weighted by atomic mass is 35.5. The zero-order valence-corrected chi connectivity index (χ0v) is 10.5. The molecule has 0 aliphatic carbocycles. The van der Waals surface area contributed by atoms with Crippen molar-refractivity contribution in [2.24, 2.45) is 0 Å². The lowest BCUT2D eigenvalue weighted by Gasteiger charge is -2.05. The molecule has 0 heterocycles. The fourth-order valence-corrected chi connectivity index (χ4v) is 1.82. The van der Waals surface area contributed by atoms with E-state index in [9.17, 15) is 9.18 Å². The zero-order valence-electron chi connectivity index (χ0n) is 9.71. The SMILES string of the molecule is CNc1cccc(C(=O)c2cc(Cl)ccc2F)c1. The van der Waals surface area contributed by atoms with E-state index in [1.807, 2.05) is 6.07 Å². The molecule has 0 saturated carbocycles. The van der Waals surface area contributed by atoms with Gasteiger partial charge in [0.2, 0.25) is 0 Å². The summed E-state index contributed by atoms with van der Waals surface area (Å²) in [7, 11) is 1.75. The lowest BCUT2D eigenvalue weighted by Crippen LogP contribution is -2.04. The number of rotatable bonds is 3. The Morgan fingerprint density at radius 2 is 2.00 bits per heavy atom. The zero-order chi connectivity index (χ0) is 13.1. The number of anilines is 1. The molecular formula is C14H11ClFNO. The molecule has 2 rings (SSSR count). The first kappa shape index (κ1) is 12.6. The smallest absolute Gasteiger partial charge is 0.196 e. The second kappa shape index (κ2) is 5.19. The number of hydrogen-bond acceptors (Lipinski definition) is 2. The molecule has 0 aliphatic heterocycles.